The number of aromatic nitrogens is 1. The van der Waals surface area contributed by atoms with E-state index in [9.17, 15) is 13.2 Å². The highest BCUT2D eigenvalue weighted by Gasteiger charge is 2.20. The molecule has 146 valence electrons. The van der Waals surface area contributed by atoms with Gasteiger partial charge in [-0.2, -0.15) is 8.42 Å². The second kappa shape index (κ2) is 7.10. The third-order valence-electron chi connectivity index (χ3n) is 4.62. The first-order valence-electron chi connectivity index (χ1n) is 8.87. The molecule has 0 aliphatic rings. The number of amides is 1. The van der Waals surface area contributed by atoms with Gasteiger partial charge in [0.15, 0.2) is 5.75 Å². The molecule has 7 heteroatoms. The van der Waals surface area contributed by atoms with Crippen LogP contribution in [0, 0.1) is 6.92 Å². The monoisotopic (exact) mass is 406 g/mol. The van der Waals surface area contributed by atoms with Crippen molar-refractivity contribution in [2.45, 2.75) is 11.8 Å². The van der Waals surface area contributed by atoms with Crippen molar-refractivity contribution in [3.8, 4) is 17.0 Å². The highest BCUT2D eigenvalue weighted by Crippen LogP contribution is 2.34. The lowest BCUT2D eigenvalue weighted by Gasteiger charge is -2.11. The van der Waals surface area contributed by atoms with Crippen molar-refractivity contribution in [1.29, 1.82) is 0 Å². The molecule has 0 fully saturated rings. The SMILES string of the molecule is Cc1ccc(S(=O)(=O)Oc2ccccc2-c2cc3c(C(N)=O)cccc3[nH]2)cc1. The zero-order chi connectivity index (χ0) is 20.6. The number of nitrogens with two attached hydrogens (primary N) is 1. The number of rotatable bonds is 5. The summed E-state index contributed by atoms with van der Waals surface area (Å²) >= 11 is 0. The van der Waals surface area contributed by atoms with E-state index in [2.05, 4.69) is 4.98 Å². The summed E-state index contributed by atoms with van der Waals surface area (Å²) in [7, 11) is -4.00. The van der Waals surface area contributed by atoms with Crippen LogP contribution >= 0.6 is 0 Å². The molecule has 0 atom stereocenters. The first-order chi connectivity index (χ1) is 13.8. The van der Waals surface area contributed by atoms with Gasteiger partial charge in [0.2, 0.25) is 5.91 Å². The van der Waals surface area contributed by atoms with Crippen molar-refractivity contribution >= 4 is 26.9 Å². The van der Waals surface area contributed by atoms with Crippen LogP contribution in [0.1, 0.15) is 15.9 Å². The van der Waals surface area contributed by atoms with Crippen LogP contribution in [-0.4, -0.2) is 19.3 Å². The minimum atomic E-state index is -4.00. The Morgan fingerprint density at radius 1 is 0.966 bits per heavy atom. The molecule has 0 spiro atoms. The maximum absolute atomic E-state index is 12.7. The predicted octanol–water partition coefficient (Wildman–Crippen LogP) is 4.01. The number of para-hydroxylation sites is 1. The number of H-pyrrole nitrogens is 1. The van der Waals surface area contributed by atoms with Crippen molar-refractivity contribution in [3.05, 3.63) is 83.9 Å². The molecule has 4 aromatic rings. The third kappa shape index (κ3) is 3.60. The van der Waals surface area contributed by atoms with E-state index in [4.69, 9.17) is 9.92 Å². The number of nitrogens with one attached hydrogen (secondary N) is 1. The van der Waals surface area contributed by atoms with Gasteiger partial charge < -0.3 is 14.9 Å². The Morgan fingerprint density at radius 3 is 2.41 bits per heavy atom. The molecular weight excluding hydrogens is 388 g/mol. The summed E-state index contributed by atoms with van der Waals surface area (Å²) in [4.78, 5) is 15.0. The van der Waals surface area contributed by atoms with Crippen LogP contribution in [0.3, 0.4) is 0 Å². The second-order valence-electron chi connectivity index (χ2n) is 6.66. The van der Waals surface area contributed by atoms with Gasteiger partial charge in [-0.15, -0.1) is 0 Å². The van der Waals surface area contributed by atoms with Crippen molar-refractivity contribution in [2.24, 2.45) is 5.73 Å². The van der Waals surface area contributed by atoms with Crippen LogP contribution in [0.15, 0.2) is 77.7 Å². The van der Waals surface area contributed by atoms with E-state index in [0.29, 0.717) is 27.7 Å². The summed E-state index contributed by atoms with van der Waals surface area (Å²) in [5, 5.41) is 0.659. The first-order valence-corrected chi connectivity index (χ1v) is 10.3. The summed E-state index contributed by atoms with van der Waals surface area (Å²) in [5.74, 6) is -0.354. The van der Waals surface area contributed by atoms with Gasteiger partial charge in [0.05, 0.1) is 5.69 Å². The number of aryl methyl sites for hydroxylation is 1. The van der Waals surface area contributed by atoms with Gasteiger partial charge in [-0.3, -0.25) is 4.79 Å². The normalized spacial score (nSPS) is 11.5. The molecule has 0 radical (unpaired) electrons. The Bertz CT molecular complexity index is 1320. The number of aromatic amines is 1. The molecule has 1 heterocycles. The fraction of sp³-hybridized carbons (Fsp3) is 0.0455. The Hall–Kier alpha value is -3.58. The van der Waals surface area contributed by atoms with Gasteiger partial charge in [-0.1, -0.05) is 35.9 Å². The molecule has 0 bridgehead atoms. The van der Waals surface area contributed by atoms with E-state index in [-0.39, 0.29) is 10.6 Å². The molecule has 3 aromatic carbocycles. The summed E-state index contributed by atoms with van der Waals surface area (Å²) in [6.07, 6.45) is 0. The minimum absolute atomic E-state index is 0.0746. The minimum Gasteiger partial charge on any atom is -0.378 e. The third-order valence-corrected chi connectivity index (χ3v) is 5.86. The largest absolute Gasteiger partial charge is 0.378 e. The molecule has 6 nitrogen and oxygen atoms in total. The molecule has 0 aliphatic carbocycles. The first kappa shape index (κ1) is 18.8. The van der Waals surface area contributed by atoms with Gasteiger partial charge in [0, 0.05) is 22.0 Å². The molecule has 29 heavy (non-hydrogen) atoms. The highest BCUT2D eigenvalue weighted by atomic mass is 32.2. The van der Waals surface area contributed by atoms with Gasteiger partial charge in [-0.25, -0.2) is 0 Å². The maximum Gasteiger partial charge on any atom is 0.339 e. The smallest absolute Gasteiger partial charge is 0.339 e. The van der Waals surface area contributed by atoms with E-state index >= 15 is 0 Å². The van der Waals surface area contributed by atoms with Crippen LogP contribution in [0.4, 0.5) is 0 Å². The molecular formula is C22H18N2O4S. The summed E-state index contributed by atoms with van der Waals surface area (Å²) in [6.45, 7) is 1.88. The number of hydrogen-bond donors (Lipinski definition) is 2. The van der Waals surface area contributed by atoms with Gasteiger partial charge in [0.25, 0.3) is 0 Å². The number of benzene rings is 3. The van der Waals surface area contributed by atoms with Crippen molar-refractivity contribution in [1.82, 2.24) is 4.98 Å². The standard InChI is InChI=1S/C22H18N2O4S/c1-14-9-11-15(12-10-14)29(26,27)28-21-8-3-2-5-17(21)20-13-18-16(22(23)25)6-4-7-19(18)24-20/h2-13,24H,1H3,(H2,23,25). The zero-order valence-corrected chi connectivity index (χ0v) is 16.4. The van der Waals surface area contributed by atoms with Crippen LogP contribution < -0.4 is 9.92 Å². The molecule has 0 unspecified atom stereocenters. The maximum atomic E-state index is 12.7. The summed E-state index contributed by atoms with van der Waals surface area (Å²) in [6, 6.07) is 20.2. The average molecular weight is 406 g/mol. The molecule has 0 saturated carbocycles. The fourth-order valence-corrected chi connectivity index (χ4v) is 4.10. The van der Waals surface area contributed by atoms with Crippen LogP contribution in [0.25, 0.3) is 22.2 Å². The molecule has 4 rings (SSSR count). The molecule has 1 aromatic heterocycles. The van der Waals surface area contributed by atoms with E-state index in [0.717, 1.165) is 5.56 Å². The van der Waals surface area contributed by atoms with Gasteiger partial charge >= 0.3 is 10.1 Å². The Balaban J connectivity index is 1.78. The number of carbonyl (C=O) groups is 1. The zero-order valence-electron chi connectivity index (χ0n) is 15.5. The van der Waals surface area contributed by atoms with Crippen molar-refractivity contribution < 1.29 is 17.4 Å². The van der Waals surface area contributed by atoms with Crippen LogP contribution in [0.5, 0.6) is 5.75 Å². The quantitative estimate of drug-likeness (QED) is 0.489. The lowest BCUT2D eigenvalue weighted by atomic mass is 10.1. The van der Waals surface area contributed by atoms with E-state index in [1.54, 1.807) is 54.6 Å². The molecule has 0 aliphatic heterocycles. The van der Waals surface area contributed by atoms with Crippen molar-refractivity contribution in [2.75, 3.05) is 0 Å². The second-order valence-corrected chi connectivity index (χ2v) is 8.21. The Labute approximate surface area is 168 Å². The number of primary amides is 1. The number of carbonyl (C=O) groups excluding carboxylic acids is 1. The van der Waals surface area contributed by atoms with Gasteiger partial charge in [-0.05, 0) is 49.4 Å². The summed E-state index contributed by atoms with van der Waals surface area (Å²) < 4.78 is 30.9. The lowest BCUT2D eigenvalue weighted by Crippen LogP contribution is -2.10. The van der Waals surface area contributed by atoms with Gasteiger partial charge in [0.1, 0.15) is 4.90 Å². The number of hydrogen-bond acceptors (Lipinski definition) is 4. The highest BCUT2D eigenvalue weighted by molar-refractivity contribution is 7.87. The van der Waals surface area contributed by atoms with E-state index in [1.807, 2.05) is 13.0 Å². The summed E-state index contributed by atoms with van der Waals surface area (Å²) in [5.41, 5.74) is 8.68. The lowest BCUT2D eigenvalue weighted by molar-refractivity contribution is 0.100. The van der Waals surface area contributed by atoms with Crippen molar-refractivity contribution in [3.63, 3.8) is 0 Å². The average Bonchev–Trinajstić information content (AvgIpc) is 3.12. The van der Waals surface area contributed by atoms with E-state index in [1.165, 1.54) is 12.1 Å². The molecule has 3 N–H and O–H groups in total. The molecule has 0 saturated heterocycles. The molecule has 1 amide bonds. The Kier molecular flexibility index (Phi) is 4.60. The van der Waals surface area contributed by atoms with Crippen LogP contribution in [0.2, 0.25) is 0 Å². The predicted molar refractivity (Wildman–Crippen MR) is 111 cm³/mol. The van der Waals surface area contributed by atoms with E-state index < -0.39 is 16.0 Å². The topological polar surface area (TPSA) is 102 Å². The van der Waals surface area contributed by atoms with Crippen LogP contribution in [-0.2, 0) is 10.1 Å². The Morgan fingerprint density at radius 2 is 1.69 bits per heavy atom. The number of fused-ring (bicyclic) bond motifs is 1. The fourth-order valence-electron chi connectivity index (χ4n) is 3.15.